The lowest BCUT2D eigenvalue weighted by molar-refractivity contribution is 0.298. The quantitative estimate of drug-likeness (QED) is 0.662. The maximum atomic E-state index is 14.6. The largest absolute Gasteiger partial charge is 0.492 e. The molecule has 2 heterocycles. The zero-order chi connectivity index (χ0) is 17.4. The number of ether oxygens (including phenoxy) is 1. The van der Waals surface area contributed by atoms with Gasteiger partial charge in [0.1, 0.15) is 28.1 Å². The lowest BCUT2D eigenvalue weighted by Gasteiger charge is -2.12. The van der Waals surface area contributed by atoms with Gasteiger partial charge in [-0.3, -0.25) is 0 Å². The van der Waals surface area contributed by atoms with Crippen molar-refractivity contribution in [2.45, 2.75) is 12.8 Å². The van der Waals surface area contributed by atoms with E-state index in [1.54, 1.807) is 12.1 Å². The lowest BCUT2D eigenvalue weighted by Crippen LogP contribution is -2.03. The molecule has 0 aliphatic heterocycles. The van der Waals surface area contributed by atoms with E-state index in [1.165, 1.54) is 12.5 Å². The van der Waals surface area contributed by atoms with Gasteiger partial charge in [-0.2, -0.15) is 0 Å². The van der Waals surface area contributed by atoms with E-state index in [0.717, 1.165) is 12.8 Å². The highest BCUT2D eigenvalue weighted by Gasteiger charge is 2.23. The average Bonchev–Trinajstić information content (AvgIpc) is 3.43. The molecule has 0 radical (unpaired) electrons. The van der Waals surface area contributed by atoms with Crippen molar-refractivity contribution < 1.29 is 9.13 Å². The van der Waals surface area contributed by atoms with Crippen molar-refractivity contribution in [3.8, 4) is 5.75 Å². The van der Waals surface area contributed by atoms with Gasteiger partial charge in [-0.1, -0.05) is 11.6 Å². The number of rotatable bonds is 5. The summed E-state index contributed by atoms with van der Waals surface area (Å²) >= 11 is 11.9. The van der Waals surface area contributed by atoms with Crippen LogP contribution in [0.4, 0.5) is 15.9 Å². The van der Waals surface area contributed by atoms with Crippen LogP contribution in [0.3, 0.4) is 0 Å². The van der Waals surface area contributed by atoms with Gasteiger partial charge in [-0.25, -0.2) is 24.3 Å². The number of hydrogen-bond donors (Lipinski definition) is 1. The first-order valence-corrected chi connectivity index (χ1v) is 8.38. The van der Waals surface area contributed by atoms with Crippen LogP contribution in [0.25, 0.3) is 11.0 Å². The predicted octanol–water partition coefficient (Wildman–Crippen LogP) is 4.40. The highest BCUT2D eigenvalue weighted by molar-refractivity contribution is 6.32. The molecule has 0 unspecified atom stereocenters. The molecule has 25 heavy (non-hydrogen) atoms. The lowest BCUT2D eigenvalue weighted by atomic mass is 10.2. The van der Waals surface area contributed by atoms with E-state index in [0.29, 0.717) is 35.1 Å². The third kappa shape index (κ3) is 3.43. The molecule has 1 aromatic carbocycles. The molecule has 3 aromatic rings. The van der Waals surface area contributed by atoms with Gasteiger partial charge in [-0.05, 0) is 42.5 Å². The minimum atomic E-state index is -0.623. The van der Waals surface area contributed by atoms with Gasteiger partial charge in [0, 0.05) is 0 Å². The average molecular weight is 380 g/mol. The SMILES string of the molecule is Fc1c(Nc2ncnc3cnc(Cl)nc23)ccc(OCC2CC2)c1Cl. The molecular formula is C16H12Cl2FN5O. The van der Waals surface area contributed by atoms with Crippen molar-refractivity contribution in [1.29, 1.82) is 0 Å². The summed E-state index contributed by atoms with van der Waals surface area (Å²) in [6, 6.07) is 3.17. The monoisotopic (exact) mass is 379 g/mol. The maximum absolute atomic E-state index is 14.6. The van der Waals surface area contributed by atoms with Gasteiger partial charge in [0.15, 0.2) is 11.6 Å². The zero-order valence-electron chi connectivity index (χ0n) is 12.8. The second-order valence-electron chi connectivity index (χ2n) is 5.71. The molecule has 0 bridgehead atoms. The standard InChI is InChI=1S/C16H12Cl2FN5O/c17-12-11(25-6-8-1-2-8)4-3-9(13(12)19)23-15-14-10(21-7-22-15)5-20-16(18)24-14/h3-5,7-8H,1-2,6H2,(H,21,22,23). The summed E-state index contributed by atoms with van der Waals surface area (Å²) in [4.78, 5) is 16.1. The Morgan fingerprint density at radius 2 is 2.04 bits per heavy atom. The Kier molecular flexibility index (Phi) is 4.27. The first-order chi connectivity index (χ1) is 12.1. The minimum absolute atomic E-state index is 0.0488. The molecule has 1 saturated carbocycles. The topological polar surface area (TPSA) is 72.8 Å². The normalized spacial score (nSPS) is 13.9. The van der Waals surface area contributed by atoms with E-state index >= 15 is 0 Å². The van der Waals surface area contributed by atoms with Crippen LogP contribution in [-0.4, -0.2) is 26.5 Å². The van der Waals surface area contributed by atoms with E-state index in [-0.39, 0.29) is 16.0 Å². The molecule has 1 aliphatic carbocycles. The number of nitrogens with zero attached hydrogens (tertiary/aromatic N) is 4. The Morgan fingerprint density at radius 1 is 1.20 bits per heavy atom. The molecule has 1 N–H and O–H groups in total. The molecular weight excluding hydrogens is 368 g/mol. The van der Waals surface area contributed by atoms with Crippen LogP contribution in [0.2, 0.25) is 10.3 Å². The highest BCUT2D eigenvalue weighted by atomic mass is 35.5. The van der Waals surface area contributed by atoms with Gasteiger partial charge < -0.3 is 10.1 Å². The first-order valence-electron chi connectivity index (χ1n) is 7.63. The van der Waals surface area contributed by atoms with Crippen molar-refractivity contribution >= 4 is 45.7 Å². The number of anilines is 2. The minimum Gasteiger partial charge on any atom is -0.492 e. The van der Waals surface area contributed by atoms with Crippen molar-refractivity contribution in [3.05, 3.63) is 40.8 Å². The van der Waals surface area contributed by atoms with Crippen LogP contribution in [0.15, 0.2) is 24.7 Å². The second-order valence-corrected chi connectivity index (χ2v) is 6.43. The summed E-state index contributed by atoms with van der Waals surface area (Å²) in [5.74, 6) is 0.557. The smallest absolute Gasteiger partial charge is 0.223 e. The Bertz CT molecular complexity index is 951. The molecule has 0 spiro atoms. The van der Waals surface area contributed by atoms with Crippen LogP contribution < -0.4 is 10.1 Å². The molecule has 128 valence electrons. The number of halogens is 3. The van der Waals surface area contributed by atoms with Crippen molar-refractivity contribution in [3.63, 3.8) is 0 Å². The summed E-state index contributed by atoms with van der Waals surface area (Å²) in [6.45, 7) is 0.553. The third-order valence-electron chi connectivity index (χ3n) is 3.82. The van der Waals surface area contributed by atoms with Gasteiger partial charge >= 0.3 is 0 Å². The number of aromatic nitrogens is 4. The zero-order valence-corrected chi connectivity index (χ0v) is 14.4. The molecule has 0 atom stereocenters. The van der Waals surface area contributed by atoms with Crippen LogP contribution in [0.1, 0.15) is 12.8 Å². The van der Waals surface area contributed by atoms with E-state index in [2.05, 4.69) is 25.3 Å². The predicted molar refractivity (Wildman–Crippen MR) is 93.0 cm³/mol. The van der Waals surface area contributed by atoms with Crippen LogP contribution in [0, 0.1) is 11.7 Å². The fraction of sp³-hybridized carbons (Fsp3) is 0.250. The molecule has 9 heteroatoms. The van der Waals surface area contributed by atoms with E-state index in [4.69, 9.17) is 27.9 Å². The Labute approximate surface area is 152 Å². The summed E-state index contributed by atoms with van der Waals surface area (Å²) in [7, 11) is 0. The third-order valence-corrected chi connectivity index (χ3v) is 4.35. The summed E-state index contributed by atoms with van der Waals surface area (Å²) < 4.78 is 20.2. The molecule has 0 amide bonds. The molecule has 0 saturated heterocycles. The van der Waals surface area contributed by atoms with Gasteiger partial charge in [0.2, 0.25) is 5.28 Å². The molecule has 6 nitrogen and oxygen atoms in total. The van der Waals surface area contributed by atoms with Gasteiger partial charge in [0.05, 0.1) is 18.5 Å². The second kappa shape index (κ2) is 6.57. The Morgan fingerprint density at radius 3 is 2.84 bits per heavy atom. The highest BCUT2D eigenvalue weighted by Crippen LogP contribution is 2.36. The Balaban J connectivity index is 1.64. The fourth-order valence-electron chi connectivity index (χ4n) is 2.28. The fourth-order valence-corrected chi connectivity index (χ4v) is 2.64. The van der Waals surface area contributed by atoms with E-state index in [9.17, 15) is 4.39 Å². The van der Waals surface area contributed by atoms with Crippen molar-refractivity contribution in [2.75, 3.05) is 11.9 Å². The molecule has 1 aliphatic rings. The number of fused-ring (bicyclic) bond motifs is 1. The summed E-state index contributed by atoms with van der Waals surface area (Å²) in [5, 5.41) is 2.85. The van der Waals surface area contributed by atoms with Crippen LogP contribution in [-0.2, 0) is 0 Å². The van der Waals surface area contributed by atoms with Crippen molar-refractivity contribution in [1.82, 2.24) is 19.9 Å². The summed E-state index contributed by atoms with van der Waals surface area (Å²) in [5.41, 5.74) is 1.02. The van der Waals surface area contributed by atoms with Gasteiger partial charge in [-0.15, -0.1) is 0 Å². The van der Waals surface area contributed by atoms with E-state index in [1.807, 2.05) is 0 Å². The number of nitrogens with one attached hydrogen (secondary N) is 1. The van der Waals surface area contributed by atoms with Crippen molar-refractivity contribution in [2.24, 2.45) is 5.92 Å². The molecule has 1 fully saturated rings. The van der Waals surface area contributed by atoms with Crippen LogP contribution >= 0.6 is 23.2 Å². The maximum Gasteiger partial charge on any atom is 0.223 e. The molecule has 4 rings (SSSR count). The van der Waals surface area contributed by atoms with Crippen LogP contribution in [0.5, 0.6) is 5.75 Å². The number of benzene rings is 1. The summed E-state index contributed by atoms with van der Waals surface area (Å²) in [6.07, 6.45) is 5.08. The first kappa shape index (κ1) is 16.2. The Hall–Kier alpha value is -2.25. The van der Waals surface area contributed by atoms with Gasteiger partial charge in [0.25, 0.3) is 0 Å². The van der Waals surface area contributed by atoms with E-state index < -0.39 is 5.82 Å². The number of hydrogen-bond acceptors (Lipinski definition) is 6. The molecule has 2 aromatic heterocycles.